The molecule has 6 nitrogen and oxygen atoms in total. The maximum atomic E-state index is 5.07. The van der Waals surface area contributed by atoms with Crippen molar-refractivity contribution in [3.63, 3.8) is 0 Å². The van der Waals surface area contributed by atoms with E-state index >= 15 is 0 Å². The Balaban J connectivity index is 3.54. The van der Waals surface area contributed by atoms with Crippen LogP contribution in [0.25, 0.3) is 0 Å². The second-order valence-corrected chi connectivity index (χ2v) is 1.48. The van der Waals surface area contributed by atoms with Crippen LogP contribution in [0.5, 0.6) is 0 Å². The first-order valence-electron chi connectivity index (χ1n) is 1.68. The summed E-state index contributed by atoms with van der Waals surface area (Å²) in [6.45, 7) is 0. The monoisotopic (exact) mass is 107 g/mol. The predicted octanol–water partition coefficient (Wildman–Crippen LogP) is -2.86. The summed E-state index contributed by atoms with van der Waals surface area (Å²) in [5.41, 5.74) is 0. The Labute approximate surface area is 41.7 Å². The van der Waals surface area contributed by atoms with Crippen LogP contribution in [0.15, 0.2) is 0 Å². The second-order valence-electron chi connectivity index (χ2n) is 1.48. The van der Waals surface area contributed by atoms with E-state index in [0.29, 0.717) is 5.23 Å². The van der Waals surface area contributed by atoms with Crippen molar-refractivity contribution in [2.75, 3.05) is 7.05 Å². The van der Waals surface area contributed by atoms with Crippen molar-refractivity contribution in [3.05, 3.63) is 0 Å². The van der Waals surface area contributed by atoms with Crippen LogP contribution in [-0.4, -0.2) is 17.1 Å². The molecule has 0 aromatic carbocycles. The van der Waals surface area contributed by atoms with E-state index in [1.165, 1.54) is 7.05 Å². The number of quaternary nitrogens is 1. The van der Waals surface area contributed by atoms with Crippen molar-refractivity contribution in [2.24, 2.45) is 23.4 Å². The van der Waals surface area contributed by atoms with Crippen LogP contribution < -0.4 is 23.4 Å². The number of hydrazine groups is 2. The minimum absolute atomic E-state index is 0.556. The molecule has 0 bridgehead atoms. The summed E-state index contributed by atoms with van der Waals surface area (Å²) in [6, 6.07) is 0. The third kappa shape index (κ3) is 2.45. The summed E-state index contributed by atoms with van der Waals surface area (Å²) in [6.07, 6.45) is 0. The molecule has 0 heterocycles. The largest absolute Gasteiger partial charge is 0.204 e. The fraction of sp³-hybridized carbons (Fsp3) is 1.00. The van der Waals surface area contributed by atoms with Crippen molar-refractivity contribution >= 4 is 0 Å². The molecule has 0 saturated carbocycles. The lowest BCUT2D eigenvalue weighted by molar-refractivity contribution is -1.05. The SMILES string of the molecule is C[N+](N)(N)N(N)N. The van der Waals surface area contributed by atoms with Crippen molar-refractivity contribution in [1.29, 1.82) is 0 Å². The normalized spacial score (nSPS) is 12.9. The molecule has 44 valence electrons. The molecule has 0 amide bonds. The molecule has 0 spiro atoms. The highest BCUT2D eigenvalue weighted by Crippen LogP contribution is 1.70. The van der Waals surface area contributed by atoms with E-state index in [4.69, 9.17) is 23.4 Å². The molecule has 0 aliphatic heterocycles. The van der Waals surface area contributed by atoms with E-state index < -0.39 is 4.81 Å². The Morgan fingerprint density at radius 1 is 1.29 bits per heavy atom. The van der Waals surface area contributed by atoms with Gasteiger partial charge in [-0.15, -0.1) is 11.7 Å². The number of hydrogen-bond acceptors (Lipinski definition) is 5. The Morgan fingerprint density at radius 2 is 1.43 bits per heavy atom. The van der Waals surface area contributed by atoms with Gasteiger partial charge < -0.3 is 0 Å². The van der Waals surface area contributed by atoms with E-state index in [9.17, 15) is 0 Å². The number of nitrogens with zero attached hydrogens (tertiary/aromatic N) is 2. The van der Waals surface area contributed by atoms with Gasteiger partial charge in [0.25, 0.3) is 0 Å². The lowest BCUT2D eigenvalue weighted by Gasteiger charge is -2.24. The summed E-state index contributed by atoms with van der Waals surface area (Å²) in [5, 5.41) is 0.681. The summed E-state index contributed by atoms with van der Waals surface area (Å²) < 4.78 is 0. The number of rotatable bonds is 1. The molecule has 0 radical (unpaired) electrons. The molecule has 6 heteroatoms. The Bertz CT molecular complexity index is 49.7. The summed E-state index contributed by atoms with van der Waals surface area (Å²) in [7, 11) is 1.43. The molecule has 0 aliphatic carbocycles. The van der Waals surface area contributed by atoms with E-state index in [-0.39, 0.29) is 0 Å². The summed E-state index contributed by atoms with van der Waals surface area (Å²) in [4.78, 5) is -0.556. The van der Waals surface area contributed by atoms with Gasteiger partial charge in [-0.3, -0.25) is 0 Å². The van der Waals surface area contributed by atoms with Gasteiger partial charge in [0.1, 0.15) is 7.05 Å². The number of nitrogens with two attached hydrogens (primary N) is 4. The van der Waals surface area contributed by atoms with Crippen molar-refractivity contribution in [1.82, 2.24) is 5.23 Å². The molecule has 0 fully saturated rings. The van der Waals surface area contributed by atoms with Gasteiger partial charge in [-0.25, -0.2) is 11.7 Å². The van der Waals surface area contributed by atoms with Crippen LogP contribution in [0, 0.1) is 0 Å². The van der Waals surface area contributed by atoms with Crippen LogP contribution in [-0.2, 0) is 0 Å². The quantitative estimate of drug-likeness (QED) is 0.164. The molecule has 8 N–H and O–H groups in total. The minimum atomic E-state index is -0.556. The predicted molar refractivity (Wildman–Crippen MR) is 24.8 cm³/mol. The van der Waals surface area contributed by atoms with Crippen LogP contribution >= 0.6 is 0 Å². The lowest BCUT2D eigenvalue weighted by atomic mass is 11.3. The topological polar surface area (TPSA) is 107 Å². The van der Waals surface area contributed by atoms with E-state index in [0.717, 1.165) is 0 Å². The third-order valence-electron chi connectivity index (χ3n) is 0.498. The van der Waals surface area contributed by atoms with E-state index in [2.05, 4.69) is 0 Å². The molecule has 0 aromatic heterocycles. The molecule has 0 rings (SSSR count). The zero-order chi connectivity index (χ0) is 6.08. The van der Waals surface area contributed by atoms with Gasteiger partial charge in [0.2, 0.25) is 0 Å². The van der Waals surface area contributed by atoms with Gasteiger partial charge in [0.15, 0.2) is 0 Å². The molecular weight excluding hydrogens is 96.1 g/mol. The Morgan fingerprint density at radius 3 is 1.43 bits per heavy atom. The first kappa shape index (κ1) is 6.76. The van der Waals surface area contributed by atoms with Crippen LogP contribution in [0.3, 0.4) is 0 Å². The zero-order valence-corrected chi connectivity index (χ0v) is 4.20. The van der Waals surface area contributed by atoms with Gasteiger partial charge in [-0.2, -0.15) is 0 Å². The van der Waals surface area contributed by atoms with Crippen molar-refractivity contribution < 1.29 is 4.81 Å². The maximum Gasteiger partial charge on any atom is 0.127 e. The highest BCUT2D eigenvalue weighted by Gasteiger charge is 2.12. The molecule has 0 atom stereocenters. The van der Waals surface area contributed by atoms with Crippen molar-refractivity contribution in [3.8, 4) is 0 Å². The molecule has 0 aliphatic rings. The van der Waals surface area contributed by atoms with Crippen LogP contribution in [0.2, 0.25) is 0 Å². The van der Waals surface area contributed by atoms with Gasteiger partial charge in [-0.05, 0) is 0 Å². The van der Waals surface area contributed by atoms with Crippen LogP contribution in [0.1, 0.15) is 0 Å². The standard InChI is InChI=1S/CH11N6/c1-7(4,5)6(2)3/h2-5H2,1H3/q+1. The average molecular weight is 107 g/mol. The van der Waals surface area contributed by atoms with Gasteiger partial charge in [0.05, 0.1) is 0 Å². The van der Waals surface area contributed by atoms with E-state index in [1.807, 2.05) is 0 Å². The smallest absolute Gasteiger partial charge is 0.127 e. The van der Waals surface area contributed by atoms with E-state index in [1.54, 1.807) is 0 Å². The van der Waals surface area contributed by atoms with Crippen LogP contribution in [0.4, 0.5) is 0 Å². The van der Waals surface area contributed by atoms with Gasteiger partial charge in [-0.1, -0.05) is 4.81 Å². The second kappa shape index (κ2) is 1.70. The Kier molecular flexibility index (Phi) is 1.64. The fourth-order valence-electron chi connectivity index (χ4n) is 0. The maximum absolute atomic E-state index is 5.07. The average Bonchev–Trinajstić information content (AvgIpc) is 1.31. The lowest BCUT2D eigenvalue weighted by Crippen LogP contribution is -2.72. The van der Waals surface area contributed by atoms with Gasteiger partial charge >= 0.3 is 0 Å². The summed E-state index contributed by atoms with van der Waals surface area (Å²) >= 11 is 0. The molecule has 0 unspecified atom stereocenters. The van der Waals surface area contributed by atoms with Gasteiger partial charge in [0, 0.05) is 5.23 Å². The first-order chi connectivity index (χ1) is 2.94. The molecule has 7 heavy (non-hydrogen) atoms. The molecular formula is CH11N6+. The Hall–Kier alpha value is -0.240. The third-order valence-corrected chi connectivity index (χ3v) is 0.498. The summed E-state index contributed by atoms with van der Waals surface area (Å²) in [5.74, 6) is 19.9. The van der Waals surface area contributed by atoms with Crippen molar-refractivity contribution in [2.45, 2.75) is 0 Å². The zero-order valence-electron chi connectivity index (χ0n) is 4.20. The highest BCUT2D eigenvalue weighted by molar-refractivity contribution is 3.84. The molecule has 0 aromatic rings. The fourth-order valence-corrected chi connectivity index (χ4v) is 0. The first-order valence-corrected chi connectivity index (χ1v) is 1.68. The minimum Gasteiger partial charge on any atom is -0.204 e. The highest BCUT2D eigenvalue weighted by atomic mass is 16.1. The molecule has 0 saturated heterocycles. The number of hydrogen-bond donors (Lipinski definition) is 4.